The normalized spacial score (nSPS) is 20.5. The van der Waals surface area contributed by atoms with Gasteiger partial charge in [-0.05, 0) is 56.3 Å². The number of carbonyl (C=O) groups excluding carboxylic acids is 2. The largest absolute Gasteiger partial charge is 0.490 e. The molecule has 0 radical (unpaired) electrons. The first-order valence-electron chi connectivity index (χ1n) is 9.99. The van der Waals surface area contributed by atoms with Gasteiger partial charge >= 0.3 is 24.1 Å². The molecule has 2 aliphatic rings. The van der Waals surface area contributed by atoms with Crippen LogP contribution in [0.1, 0.15) is 44.7 Å². The molecule has 172 valence electrons. The molecule has 1 aromatic rings. The van der Waals surface area contributed by atoms with Crippen LogP contribution in [0.25, 0.3) is 0 Å². The third kappa shape index (κ3) is 6.43. The third-order valence-corrected chi connectivity index (χ3v) is 5.40. The van der Waals surface area contributed by atoms with Crippen molar-refractivity contribution >= 4 is 17.9 Å². The Morgan fingerprint density at radius 2 is 1.74 bits per heavy atom. The Hall–Kier alpha value is -2.62. The molecule has 0 amide bonds. The van der Waals surface area contributed by atoms with E-state index in [2.05, 4.69) is 11.8 Å². The van der Waals surface area contributed by atoms with Gasteiger partial charge in [-0.15, -0.1) is 0 Å². The standard InChI is InChI=1S/C19H25NO4.C2HF3O2/c1-4-20-9-5-6-15-10-16-14(11-17(15)20)7-8-18(23-12(2)21)19(16)24-13(3)22;3-2(4,5)1(6)7/h7-8,15,17H,4-6,9-11H2,1-3H3;(H,6,7)/t15-,17-;/m0./s1. The second-order valence-corrected chi connectivity index (χ2v) is 7.53. The molecule has 1 N–H and O–H groups in total. The first-order valence-corrected chi connectivity index (χ1v) is 9.99. The first-order chi connectivity index (χ1) is 14.4. The number of hydrogen-bond donors (Lipinski definition) is 1. The fraction of sp³-hybridized carbons (Fsp3) is 0.571. The van der Waals surface area contributed by atoms with Gasteiger partial charge in [0.25, 0.3) is 0 Å². The van der Waals surface area contributed by atoms with Crippen LogP contribution in [0.15, 0.2) is 12.1 Å². The predicted octanol–water partition coefficient (Wildman–Crippen LogP) is 3.37. The molecule has 31 heavy (non-hydrogen) atoms. The van der Waals surface area contributed by atoms with Crippen LogP contribution in [0.5, 0.6) is 11.5 Å². The lowest BCUT2D eigenvalue weighted by Gasteiger charge is -2.44. The molecule has 7 nitrogen and oxygen atoms in total. The maximum atomic E-state index is 11.5. The number of fused-ring (bicyclic) bond motifs is 2. The lowest BCUT2D eigenvalue weighted by Crippen LogP contribution is -2.49. The van der Waals surface area contributed by atoms with Gasteiger partial charge in [0.05, 0.1) is 0 Å². The summed E-state index contributed by atoms with van der Waals surface area (Å²) in [6.07, 6.45) is -0.856. The number of hydrogen-bond acceptors (Lipinski definition) is 6. The summed E-state index contributed by atoms with van der Waals surface area (Å²) in [4.78, 5) is 34.4. The van der Waals surface area contributed by atoms with E-state index in [9.17, 15) is 22.8 Å². The van der Waals surface area contributed by atoms with Gasteiger partial charge in [-0.3, -0.25) is 9.59 Å². The van der Waals surface area contributed by atoms with Crippen LogP contribution in [0.3, 0.4) is 0 Å². The lowest BCUT2D eigenvalue weighted by molar-refractivity contribution is -0.192. The van der Waals surface area contributed by atoms with Crippen LogP contribution in [0.2, 0.25) is 0 Å². The van der Waals surface area contributed by atoms with E-state index < -0.39 is 24.1 Å². The molecule has 1 aromatic carbocycles. The zero-order chi connectivity index (χ0) is 23.3. The van der Waals surface area contributed by atoms with Gasteiger partial charge in [-0.1, -0.05) is 13.0 Å². The molecule has 3 rings (SSSR count). The van der Waals surface area contributed by atoms with Crippen LogP contribution in [0, 0.1) is 5.92 Å². The molecule has 0 saturated carbocycles. The number of piperidine rings is 1. The minimum Gasteiger partial charge on any atom is -0.475 e. The molecule has 0 aromatic heterocycles. The van der Waals surface area contributed by atoms with Gasteiger partial charge in [-0.25, -0.2) is 4.79 Å². The Morgan fingerprint density at radius 1 is 1.13 bits per heavy atom. The van der Waals surface area contributed by atoms with Crippen molar-refractivity contribution < 1.29 is 42.1 Å². The van der Waals surface area contributed by atoms with E-state index in [1.54, 1.807) is 6.07 Å². The molecule has 1 aliphatic heterocycles. The van der Waals surface area contributed by atoms with E-state index >= 15 is 0 Å². The van der Waals surface area contributed by atoms with Gasteiger partial charge < -0.3 is 19.5 Å². The number of likely N-dealkylation sites (N-methyl/N-ethyl adjacent to an activating group) is 1. The zero-order valence-electron chi connectivity index (χ0n) is 17.6. The molecule has 10 heteroatoms. The van der Waals surface area contributed by atoms with E-state index in [1.807, 2.05) is 6.07 Å². The van der Waals surface area contributed by atoms with Crippen molar-refractivity contribution in [2.45, 2.75) is 58.7 Å². The fourth-order valence-electron chi connectivity index (χ4n) is 4.18. The number of alkyl halides is 3. The molecular weight excluding hydrogens is 419 g/mol. The summed E-state index contributed by atoms with van der Waals surface area (Å²) in [5.41, 5.74) is 2.23. The monoisotopic (exact) mass is 445 g/mol. The maximum absolute atomic E-state index is 11.5. The van der Waals surface area contributed by atoms with Crippen LogP contribution in [-0.4, -0.2) is 53.2 Å². The van der Waals surface area contributed by atoms with Crippen molar-refractivity contribution in [3.05, 3.63) is 23.3 Å². The molecule has 0 unspecified atom stereocenters. The molecule has 1 fully saturated rings. The second-order valence-electron chi connectivity index (χ2n) is 7.53. The molecule has 1 saturated heterocycles. The minimum absolute atomic E-state index is 0.345. The Bertz CT molecular complexity index is 839. The van der Waals surface area contributed by atoms with Crippen LogP contribution >= 0.6 is 0 Å². The Kier molecular flexibility index (Phi) is 8.05. The Labute approximate surface area is 178 Å². The van der Waals surface area contributed by atoms with Gasteiger partial charge in [-0.2, -0.15) is 13.2 Å². The lowest BCUT2D eigenvalue weighted by atomic mass is 9.75. The average Bonchev–Trinajstić information content (AvgIpc) is 2.67. The predicted molar refractivity (Wildman–Crippen MR) is 104 cm³/mol. The number of esters is 2. The third-order valence-electron chi connectivity index (χ3n) is 5.40. The molecule has 0 bridgehead atoms. The maximum Gasteiger partial charge on any atom is 0.490 e. The van der Waals surface area contributed by atoms with Crippen molar-refractivity contribution in [3.8, 4) is 11.5 Å². The first kappa shape index (κ1) is 24.6. The molecule has 2 atom stereocenters. The second kappa shape index (κ2) is 10.1. The number of carboxylic acid groups (broad SMARTS) is 1. The van der Waals surface area contributed by atoms with Crippen molar-refractivity contribution in [2.75, 3.05) is 13.1 Å². The highest BCUT2D eigenvalue weighted by atomic mass is 19.4. The van der Waals surface area contributed by atoms with Crippen LogP contribution in [0.4, 0.5) is 13.2 Å². The zero-order valence-corrected chi connectivity index (χ0v) is 17.6. The number of halogens is 3. The van der Waals surface area contributed by atoms with Gasteiger partial charge in [0.2, 0.25) is 0 Å². The number of carbonyl (C=O) groups is 3. The fourth-order valence-corrected chi connectivity index (χ4v) is 4.18. The van der Waals surface area contributed by atoms with Gasteiger partial charge in [0.15, 0.2) is 11.5 Å². The topological polar surface area (TPSA) is 93.1 Å². The average molecular weight is 445 g/mol. The number of nitrogens with zero attached hydrogens (tertiary/aromatic N) is 1. The van der Waals surface area contributed by atoms with E-state index in [4.69, 9.17) is 19.4 Å². The number of likely N-dealkylation sites (tertiary alicyclic amines) is 1. The quantitative estimate of drug-likeness (QED) is 0.563. The summed E-state index contributed by atoms with van der Waals surface area (Å²) in [6, 6.07) is 4.32. The highest BCUT2D eigenvalue weighted by Gasteiger charge is 2.38. The summed E-state index contributed by atoms with van der Waals surface area (Å²) in [5.74, 6) is -2.22. The van der Waals surface area contributed by atoms with Crippen LogP contribution < -0.4 is 9.47 Å². The molecule has 1 heterocycles. The molecule has 1 aliphatic carbocycles. The summed E-state index contributed by atoms with van der Waals surface area (Å²) in [7, 11) is 0. The van der Waals surface area contributed by atoms with Crippen molar-refractivity contribution in [2.24, 2.45) is 5.92 Å². The summed E-state index contributed by atoms with van der Waals surface area (Å²) in [6.45, 7) is 7.18. The SMILES string of the molecule is CCN1CCC[C@H]2Cc3c(ccc(OC(C)=O)c3OC(C)=O)C[C@@H]21.O=C(O)C(F)(F)F. The number of benzene rings is 1. The number of carboxylic acids is 1. The molecular formula is C21H26F3NO6. The number of ether oxygens (including phenoxy) is 2. The van der Waals surface area contributed by atoms with E-state index in [0.717, 1.165) is 31.5 Å². The van der Waals surface area contributed by atoms with Gasteiger partial charge in [0.1, 0.15) is 0 Å². The summed E-state index contributed by atoms with van der Waals surface area (Å²) < 4.78 is 42.4. The minimum atomic E-state index is -5.08. The van der Waals surface area contributed by atoms with E-state index in [-0.39, 0.29) is 0 Å². The Morgan fingerprint density at radius 3 is 2.26 bits per heavy atom. The summed E-state index contributed by atoms with van der Waals surface area (Å²) in [5, 5.41) is 7.12. The van der Waals surface area contributed by atoms with Crippen molar-refractivity contribution in [1.29, 1.82) is 0 Å². The smallest absolute Gasteiger partial charge is 0.475 e. The van der Waals surface area contributed by atoms with Crippen molar-refractivity contribution in [1.82, 2.24) is 4.90 Å². The summed E-state index contributed by atoms with van der Waals surface area (Å²) >= 11 is 0. The van der Waals surface area contributed by atoms with E-state index in [1.165, 1.54) is 32.3 Å². The Balaban J connectivity index is 0.000000423. The highest BCUT2D eigenvalue weighted by molar-refractivity contribution is 5.75. The van der Waals surface area contributed by atoms with E-state index in [0.29, 0.717) is 23.5 Å². The highest BCUT2D eigenvalue weighted by Crippen LogP contribution is 2.42. The van der Waals surface area contributed by atoms with Gasteiger partial charge in [0, 0.05) is 25.5 Å². The molecule has 0 spiro atoms. The number of aliphatic carboxylic acids is 1. The van der Waals surface area contributed by atoms with Crippen LogP contribution in [-0.2, 0) is 27.2 Å². The van der Waals surface area contributed by atoms with Crippen molar-refractivity contribution in [3.63, 3.8) is 0 Å². The number of rotatable bonds is 3.